The minimum absolute atomic E-state index is 0.336. The molecule has 0 atom stereocenters. The third-order valence-electron chi connectivity index (χ3n) is 5.08. The predicted octanol–water partition coefficient (Wildman–Crippen LogP) is 4.84. The van der Waals surface area contributed by atoms with Gasteiger partial charge in [-0.2, -0.15) is 4.99 Å². The summed E-state index contributed by atoms with van der Waals surface area (Å²) in [5.41, 5.74) is 1.82. The number of nitrogens with zero attached hydrogens (tertiary/aromatic N) is 2. The zero-order valence-corrected chi connectivity index (χ0v) is 20.2. The molecule has 2 aromatic carbocycles. The largest absolute Gasteiger partial charge is 0.494 e. The zero-order chi connectivity index (χ0) is 23.6. The number of carbonyl (C=O) groups is 2. The number of carbonyl (C=O) groups excluding carboxylic acids is 2. The fraction of sp³-hybridized carbons (Fsp3) is 0.400. The summed E-state index contributed by atoms with van der Waals surface area (Å²) in [5, 5.41) is 0. The first-order chi connectivity index (χ1) is 16.1. The van der Waals surface area contributed by atoms with E-state index in [0.29, 0.717) is 42.3 Å². The monoisotopic (exact) mass is 470 g/mol. The van der Waals surface area contributed by atoms with Crippen LogP contribution < -0.4 is 9.54 Å². The Labute approximate surface area is 197 Å². The Morgan fingerprint density at radius 2 is 1.76 bits per heavy atom. The van der Waals surface area contributed by atoms with Crippen LogP contribution in [0.25, 0.3) is 10.2 Å². The molecule has 0 N–H and O–H groups in total. The lowest BCUT2D eigenvalue weighted by Gasteiger charge is -2.06. The minimum atomic E-state index is -0.405. The summed E-state index contributed by atoms with van der Waals surface area (Å²) in [5.74, 6) is 0.00167. The molecule has 0 aliphatic carbocycles. The first kappa shape index (κ1) is 24.7. The van der Waals surface area contributed by atoms with E-state index in [-0.39, 0.29) is 5.91 Å². The Hall–Kier alpha value is -2.97. The van der Waals surface area contributed by atoms with Crippen molar-refractivity contribution in [2.45, 2.75) is 39.7 Å². The van der Waals surface area contributed by atoms with Gasteiger partial charge in [0.1, 0.15) is 5.75 Å². The number of methoxy groups -OCH3 is 1. The van der Waals surface area contributed by atoms with Gasteiger partial charge in [-0.05, 0) is 55.8 Å². The third kappa shape index (κ3) is 6.52. The average Bonchev–Trinajstić information content (AvgIpc) is 3.18. The molecule has 0 saturated carbocycles. The summed E-state index contributed by atoms with van der Waals surface area (Å²) >= 11 is 1.35. The first-order valence-corrected chi connectivity index (χ1v) is 12.0. The average molecular weight is 471 g/mol. The summed E-state index contributed by atoms with van der Waals surface area (Å²) in [7, 11) is 1.35. The lowest BCUT2D eigenvalue weighted by molar-refractivity contribution is 0.0600. The van der Waals surface area contributed by atoms with E-state index < -0.39 is 5.97 Å². The van der Waals surface area contributed by atoms with Gasteiger partial charge in [0, 0.05) is 18.7 Å². The van der Waals surface area contributed by atoms with Crippen LogP contribution >= 0.6 is 11.3 Å². The van der Waals surface area contributed by atoms with Gasteiger partial charge in [-0.3, -0.25) is 4.79 Å². The molecule has 0 aliphatic heterocycles. The van der Waals surface area contributed by atoms with E-state index in [9.17, 15) is 9.59 Å². The van der Waals surface area contributed by atoms with Crippen LogP contribution in [0, 0.1) is 0 Å². The molecule has 0 spiro atoms. The Kier molecular flexibility index (Phi) is 9.21. The molecule has 1 aromatic heterocycles. The van der Waals surface area contributed by atoms with Crippen molar-refractivity contribution in [3.63, 3.8) is 0 Å². The fourth-order valence-electron chi connectivity index (χ4n) is 3.31. The summed E-state index contributed by atoms with van der Waals surface area (Å²) in [6.07, 6.45) is 3.29. The molecule has 33 heavy (non-hydrogen) atoms. The van der Waals surface area contributed by atoms with Crippen LogP contribution in [-0.2, 0) is 16.0 Å². The molecular weight excluding hydrogens is 440 g/mol. The molecule has 1 heterocycles. The van der Waals surface area contributed by atoms with E-state index in [1.807, 2.05) is 17.6 Å². The van der Waals surface area contributed by atoms with E-state index in [1.54, 1.807) is 36.4 Å². The number of hydrogen-bond donors (Lipinski definition) is 0. The molecule has 0 saturated heterocycles. The highest BCUT2D eigenvalue weighted by Crippen LogP contribution is 2.20. The van der Waals surface area contributed by atoms with Crippen LogP contribution in [0.15, 0.2) is 47.5 Å². The smallest absolute Gasteiger partial charge is 0.337 e. The van der Waals surface area contributed by atoms with Gasteiger partial charge in [-0.1, -0.05) is 31.1 Å². The van der Waals surface area contributed by atoms with E-state index >= 15 is 0 Å². The van der Waals surface area contributed by atoms with Crippen LogP contribution in [0.1, 0.15) is 53.8 Å². The Balaban J connectivity index is 1.88. The lowest BCUT2D eigenvalue weighted by Crippen LogP contribution is -2.19. The maximum atomic E-state index is 12.9. The van der Waals surface area contributed by atoms with Crippen molar-refractivity contribution in [1.82, 2.24) is 4.57 Å². The number of aromatic nitrogens is 1. The summed E-state index contributed by atoms with van der Waals surface area (Å²) in [4.78, 5) is 29.7. The maximum Gasteiger partial charge on any atom is 0.337 e. The molecule has 0 radical (unpaired) electrons. The third-order valence-corrected chi connectivity index (χ3v) is 6.12. The minimum Gasteiger partial charge on any atom is -0.494 e. The zero-order valence-electron chi connectivity index (χ0n) is 19.3. The highest BCUT2D eigenvalue weighted by molar-refractivity contribution is 7.16. The standard InChI is InChI=1S/C25H30N2O5S/c1-4-6-7-15-32-20-11-8-18(9-12-20)23(28)26-25-27(14-16-31-5-2)21-13-10-19(24(29)30-3)17-22(21)33-25/h8-13,17H,4-7,14-16H2,1-3H3. The molecule has 176 valence electrons. The summed E-state index contributed by atoms with van der Waals surface area (Å²) < 4.78 is 18.8. The summed E-state index contributed by atoms with van der Waals surface area (Å²) in [6, 6.07) is 12.4. The molecule has 8 heteroatoms. The number of benzene rings is 2. The van der Waals surface area contributed by atoms with Crippen molar-refractivity contribution in [1.29, 1.82) is 0 Å². The number of thiazole rings is 1. The second-order valence-electron chi connectivity index (χ2n) is 7.40. The first-order valence-electron chi connectivity index (χ1n) is 11.2. The fourth-order valence-corrected chi connectivity index (χ4v) is 4.40. The second kappa shape index (κ2) is 12.3. The molecule has 0 unspecified atom stereocenters. The van der Waals surface area contributed by atoms with Crippen LogP contribution in [0.3, 0.4) is 0 Å². The molecule has 3 rings (SSSR count). The van der Waals surface area contributed by atoms with E-state index in [1.165, 1.54) is 18.4 Å². The molecule has 1 amide bonds. The normalized spacial score (nSPS) is 11.7. The van der Waals surface area contributed by atoms with Gasteiger partial charge < -0.3 is 18.8 Å². The van der Waals surface area contributed by atoms with Crippen LogP contribution in [0.2, 0.25) is 0 Å². The molecule has 3 aromatic rings. The van der Waals surface area contributed by atoms with Crippen molar-refractivity contribution in [2.75, 3.05) is 26.9 Å². The molecule has 0 aliphatic rings. The molecule has 7 nitrogen and oxygen atoms in total. The van der Waals surface area contributed by atoms with Crippen molar-refractivity contribution in [3.8, 4) is 5.75 Å². The van der Waals surface area contributed by atoms with Gasteiger partial charge in [-0.15, -0.1) is 0 Å². The highest BCUT2D eigenvalue weighted by atomic mass is 32.1. The number of rotatable bonds is 11. The Bertz CT molecular complexity index is 1150. The van der Waals surface area contributed by atoms with Gasteiger partial charge in [-0.25, -0.2) is 4.79 Å². The van der Waals surface area contributed by atoms with Crippen molar-refractivity contribution in [3.05, 3.63) is 58.4 Å². The number of esters is 1. The van der Waals surface area contributed by atoms with Gasteiger partial charge >= 0.3 is 5.97 Å². The summed E-state index contributed by atoms with van der Waals surface area (Å²) in [6.45, 7) is 6.40. The Morgan fingerprint density at radius 3 is 2.45 bits per heavy atom. The molecular formula is C25H30N2O5S. The highest BCUT2D eigenvalue weighted by Gasteiger charge is 2.13. The second-order valence-corrected chi connectivity index (χ2v) is 8.41. The van der Waals surface area contributed by atoms with Crippen molar-refractivity contribution < 1.29 is 23.8 Å². The van der Waals surface area contributed by atoms with Crippen molar-refractivity contribution >= 4 is 33.4 Å². The predicted molar refractivity (Wildman–Crippen MR) is 129 cm³/mol. The number of amides is 1. The van der Waals surface area contributed by atoms with E-state index in [0.717, 1.165) is 35.2 Å². The van der Waals surface area contributed by atoms with Crippen LogP contribution in [0.5, 0.6) is 5.75 Å². The number of hydrogen-bond acceptors (Lipinski definition) is 6. The number of fused-ring (bicyclic) bond motifs is 1. The SMILES string of the molecule is CCCCCOc1ccc(C(=O)N=c2sc3cc(C(=O)OC)ccc3n2CCOCC)cc1. The van der Waals surface area contributed by atoms with Gasteiger partial charge in [0.25, 0.3) is 5.91 Å². The quantitative estimate of drug-likeness (QED) is 0.296. The maximum absolute atomic E-state index is 12.9. The van der Waals surface area contributed by atoms with Crippen LogP contribution in [0.4, 0.5) is 0 Å². The molecule has 0 bridgehead atoms. The topological polar surface area (TPSA) is 79.1 Å². The van der Waals surface area contributed by atoms with Gasteiger partial charge in [0.2, 0.25) is 0 Å². The van der Waals surface area contributed by atoms with E-state index in [2.05, 4.69) is 11.9 Å². The van der Waals surface area contributed by atoms with E-state index in [4.69, 9.17) is 14.2 Å². The van der Waals surface area contributed by atoms with Crippen molar-refractivity contribution in [2.24, 2.45) is 4.99 Å². The van der Waals surface area contributed by atoms with Crippen LogP contribution in [-0.4, -0.2) is 43.4 Å². The number of ether oxygens (including phenoxy) is 3. The number of unbranched alkanes of at least 4 members (excludes halogenated alkanes) is 2. The lowest BCUT2D eigenvalue weighted by atomic mass is 10.2. The molecule has 0 fully saturated rings. The van der Waals surface area contributed by atoms with Gasteiger partial charge in [0.05, 0.1) is 36.1 Å². The Morgan fingerprint density at radius 1 is 1.00 bits per heavy atom. The van der Waals surface area contributed by atoms with Gasteiger partial charge in [0.15, 0.2) is 4.80 Å².